The predicted octanol–water partition coefficient (Wildman–Crippen LogP) is 12.7. The van der Waals surface area contributed by atoms with Crippen molar-refractivity contribution in [2.24, 2.45) is 0 Å². The third-order valence-corrected chi connectivity index (χ3v) is 15.2. The van der Waals surface area contributed by atoms with Crippen LogP contribution in [0.5, 0.6) is 0 Å². The minimum atomic E-state index is -0.552. The van der Waals surface area contributed by atoms with Gasteiger partial charge in [0.05, 0.1) is 25.6 Å². The number of nitrogens with zero attached hydrogens (tertiary/aromatic N) is 2. The molecule has 3 aliphatic carbocycles. The zero-order valence-corrected chi connectivity index (χ0v) is 37.1. The van der Waals surface area contributed by atoms with Crippen LogP contribution in [0.15, 0.2) is 80.6 Å². The summed E-state index contributed by atoms with van der Waals surface area (Å²) in [4.78, 5) is 51.9. The molecule has 3 aliphatic rings. The Morgan fingerprint density at radius 3 is 1.59 bits per heavy atom. The summed E-state index contributed by atoms with van der Waals surface area (Å²) in [6.07, 6.45) is 27.4. The molecule has 0 aliphatic heterocycles. The molecule has 7 rings (SSSR count). The topological polar surface area (TPSA) is 139 Å². The molecule has 2 aromatic carbocycles. The van der Waals surface area contributed by atoms with E-state index < -0.39 is 11.9 Å². The van der Waals surface area contributed by atoms with Gasteiger partial charge in [-0.3, -0.25) is 9.59 Å². The lowest BCUT2D eigenvalue weighted by Gasteiger charge is -2.44. The van der Waals surface area contributed by atoms with Gasteiger partial charge in [-0.2, -0.15) is 0 Å². The van der Waals surface area contributed by atoms with E-state index in [1.165, 1.54) is 62.0 Å². The Bertz CT molecular complexity index is 1800. The summed E-state index contributed by atoms with van der Waals surface area (Å²) in [7, 11) is 0.385. The van der Waals surface area contributed by atoms with Crippen molar-refractivity contribution in [2.75, 3.05) is 13.2 Å². The first-order valence-corrected chi connectivity index (χ1v) is 23.3. The van der Waals surface area contributed by atoms with Crippen LogP contribution < -0.4 is 0 Å². The Hall–Kier alpha value is -3.95. The van der Waals surface area contributed by atoms with Crippen molar-refractivity contribution in [3.8, 4) is 11.5 Å². The first-order chi connectivity index (χ1) is 28.1. The quantitative estimate of drug-likeness (QED) is 0.0859. The van der Waals surface area contributed by atoms with E-state index in [1.54, 1.807) is 128 Å². The van der Waals surface area contributed by atoms with Crippen LogP contribution in [0, 0.1) is 0 Å². The zero-order valence-electron chi connectivity index (χ0n) is 34.6. The number of Topliss-reactive ketones (excluding diaryl/α,β-unsaturated/α-hetero) is 2. The van der Waals surface area contributed by atoms with Crippen molar-refractivity contribution in [1.82, 2.24) is 9.97 Å². The molecular formula is C46H60BrN2O8P. The fourth-order valence-electron chi connectivity index (χ4n) is 7.83. The van der Waals surface area contributed by atoms with Gasteiger partial charge in [0.1, 0.15) is 0 Å². The second-order valence-electron chi connectivity index (χ2n) is 14.9. The van der Waals surface area contributed by atoms with Gasteiger partial charge in [0.15, 0.2) is 18.0 Å². The monoisotopic (exact) mass is 878 g/mol. The summed E-state index contributed by atoms with van der Waals surface area (Å²) in [5, 5.41) is 0. The Balaban J connectivity index is 0.000000179. The van der Waals surface area contributed by atoms with Crippen LogP contribution in [-0.4, -0.2) is 63.7 Å². The zero-order chi connectivity index (χ0) is 41.7. The van der Waals surface area contributed by atoms with Crippen LogP contribution in [0.25, 0.3) is 11.5 Å². The molecule has 0 atom stereocenters. The van der Waals surface area contributed by atoms with Crippen molar-refractivity contribution >= 4 is 47.4 Å². The first-order valence-electron chi connectivity index (χ1n) is 20.9. The Morgan fingerprint density at radius 2 is 1.16 bits per heavy atom. The lowest BCUT2D eigenvalue weighted by atomic mass is 9.99. The van der Waals surface area contributed by atoms with E-state index >= 15 is 0 Å². The van der Waals surface area contributed by atoms with Gasteiger partial charge in [0.2, 0.25) is 17.4 Å². The number of ether oxygens (including phenoxy) is 2. The van der Waals surface area contributed by atoms with E-state index in [0.29, 0.717) is 25.7 Å². The third kappa shape index (κ3) is 15.3. The second-order valence-corrected chi connectivity index (χ2v) is 18.9. The number of benzene rings is 2. The van der Waals surface area contributed by atoms with Crippen LogP contribution in [0.4, 0.5) is 0 Å². The van der Waals surface area contributed by atoms with Crippen molar-refractivity contribution in [3.63, 3.8) is 0 Å². The minimum Gasteiger partial charge on any atom is -0.460 e. The lowest BCUT2D eigenvalue weighted by Crippen LogP contribution is -2.28. The maximum atomic E-state index is 11.5. The van der Waals surface area contributed by atoms with E-state index in [2.05, 4.69) is 35.1 Å². The van der Waals surface area contributed by atoms with Crippen molar-refractivity contribution < 1.29 is 37.5 Å². The number of oxazole rings is 2. The highest BCUT2D eigenvalue weighted by Gasteiger charge is 2.36. The molecule has 0 amide bonds. The number of rotatable bonds is 10. The molecule has 10 nitrogen and oxygen atoms in total. The third-order valence-electron chi connectivity index (χ3n) is 10.6. The first kappa shape index (κ1) is 46.7. The van der Waals surface area contributed by atoms with Crippen LogP contribution >= 0.6 is 23.9 Å². The summed E-state index contributed by atoms with van der Waals surface area (Å²) >= 11 is 3.28. The lowest BCUT2D eigenvalue weighted by molar-refractivity contribution is 0.0482. The van der Waals surface area contributed by atoms with Gasteiger partial charge in [0, 0.05) is 21.2 Å². The SMILES string of the molecule is C1CCC(P(C2CCCCC2)C2CCCCC2)CC1.CC(=O)c1cccc(Br)c1.CCOC(=O)c1cnc(-c2cccc(C(C)=O)c2)o1.CCOC(=O)c1cnco1. The molecule has 2 aromatic heterocycles. The molecule has 0 saturated heterocycles. The summed E-state index contributed by atoms with van der Waals surface area (Å²) in [6.45, 7) is 7.11. The fraction of sp³-hybridized carbons (Fsp3) is 0.522. The standard InChI is InChI=1S/C18H33P.C14H13NO4.C8H7BrO.C6H7NO3/c1-4-10-16(11-5-1)19(17-12-6-2-7-13-17)18-14-8-3-9-15-18;1-3-18-14(17)12-8-15-13(19-12)11-6-4-5-10(7-11)9(2)16;1-6(10)7-3-2-4-8(9)5-7;1-2-9-6(8)5-3-7-4-10-5/h16-18H,1-15H2;4-8H,3H2,1-2H3;2-5H,1H3;3-4H,2H2,1H3. The van der Waals surface area contributed by atoms with Gasteiger partial charge in [-0.05, 0) is 107 Å². The number of hydrogen-bond acceptors (Lipinski definition) is 10. The van der Waals surface area contributed by atoms with E-state index in [4.69, 9.17) is 9.15 Å². The van der Waals surface area contributed by atoms with Gasteiger partial charge >= 0.3 is 11.9 Å². The van der Waals surface area contributed by atoms with Crippen molar-refractivity contribution in [1.29, 1.82) is 0 Å². The molecular weight excluding hydrogens is 819 g/mol. The number of hydrogen-bond donors (Lipinski definition) is 0. The average Bonchev–Trinajstić information content (AvgIpc) is 3.98. The smallest absolute Gasteiger partial charge is 0.375 e. The van der Waals surface area contributed by atoms with Gasteiger partial charge in [0.25, 0.3) is 0 Å². The molecule has 4 aromatic rings. The van der Waals surface area contributed by atoms with Crippen LogP contribution in [0.1, 0.15) is 166 Å². The molecule has 12 heteroatoms. The number of carbonyl (C=O) groups excluding carboxylic acids is 4. The second kappa shape index (κ2) is 25.5. The maximum absolute atomic E-state index is 11.5. The summed E-state index contributed by atoms with van der Waals surface area (Å²) < 4.78 is 20.4. The van der Waals surface area contributed by atoms with E-state index in [-0.39, 0.29) is 35.6 Å². The number of carbonyl (C=O) groups is 4. The van der Waals surface area contributed by atoms with E-state index in [0.717, 1.165) is 10.0 Å². The highest BCUT2D eigenvalue weighted by atomic mass is 79.9. The number of halogens is 1. The summed E-state index contributed by atoms with van der Waals surface area (Å²) in [5.41, 5.74) is 5.52. The number of aromatic nitrogens is 2. The van der Waals surface area contributed by atoms with Gasteiger partial charge in [-0.25, -0.2) is 19.6 Å². The summed E-state index contributed by atoms with van der Waals surface area (Å²) in [6, 6.07) is 14.2. The van der Waals surface area contributed by atoms with Crippen molar-refractivity contribution in [2.45, 2.75) is 141 Å². The maximum Gasteiger partial charge on any atom is 0.375 e. The molecule has 0 N–H and O–H groups in total. The summed E-state index contributed by atoms with van der Waals surface area (Å²) in [5.74, 6) is -0.498. The normalized spacial score (nSPS) is 16.0. The average molecular weight is 880 g/mol. The largest absolute Gasteiger partial charge is 0.460 e. The van der Waals surface area contributed by atoms with Crippen LogP contribution in [-0.2, 0) is 9.47 Å². The minimum absolute atomic E-state index is 0.0426. The molecule has 0 radical (unpaired) electrons. The molecule has 0 unspecified atom stereocenters. The van der Waals surface area contributed by atoms with E-state index in [9.17, 15) is 19.2 Å². The van der Waals surface area contributed by atoms with Gasteiger partial charge in [-0.15, -0.1) is 0 Å². The van der Waals surface area contributed by atoms with Crippen LogP contribution in [0.3, 0.4) is 0 Å². The Morgan fingerprint density at radius 1 is 0.672 bits per heavy atom. The highest BCUT2D eigenvalue weighted by Crippen LogP contribution is 2.61. The number of ketones is 2. The number of esters is 2. The molecule has 314 valence electrons. The highest BCUT2D eigenvalue weighted by molar-refractivity contribution is 9.10. The molecule has 3 saturated carbocycles. The molecule has 0 bridgehead atoms. The van der Waals surface area contributed by atoms with E-state index in [1.807, 2.05) is 18.2 Å². The van der Waals surface area contributed by atoms with Gasteiger partial charge < -0.3 is 18.3 Å². The van der Waals surface area contributed by atoms with Crippen molar-refractivity contribution in [3.05, 3.63) is 94.4 Å². The molecule has 3 fully saturated rings. The molecule has 58 heavy (non-hydrogen) atoms. The molecule has 0 spiro atoms. The Kier molecular flexibility index (Phi) is 20.6. The van der Waals surface area contributed by atoms with Crippen LogP contribution in [0.2, 0.25) is 0 Å². The fourth-order valence-corrected chi connectivity index (χ4v) is 12.9. The molecule has 2 heterocycles. The predicted molar refractivity (Wildman–Crippen MR) is 232 cm³/mol. The Labute approximate surface area is 353 Å². The van der Waals surface area contributed by atoms with Gasteiger partial charge in [-0.1, -0.05) is 106 Å².